The fourth-order valence-electron chi connectivity index (χ4n) is 2.07. The lowest BCUT2D eigenvalue weighted by atomic mass is 9.99. The van der Waals surface area contributed by atoms with Gasteiger partial charge < -0.3 is 5.21 Å². The zero-order valence-electron chi connectivity index (χ0n) is 8.53. The molecule has 0 aromatic heterocycles. The van der Waals surface area contributed by atoms with Gasteiger partial charge in [-0.3, -0.25) is 0 Å². The molecule has 1 N–H and O–H groups in total. The van der Waals surface area contributed by atoms with E-state index in [-0.39, 0.29) is 11.5 Å². The summed E-state index contributed by atoms with van der Waals surface area (Å²) in [6, 6.07) is 0. The lowest BCUT2D eigenvalue weighted by Crippen LogP contribution is -2.64. The second-order valence-corrected chi connectivity index (χ2v) is 7.03. The maximum Gasteiger partial charge on any atom is 0.154 e. The van der Waals surface area contributed by atoms with Gasteiger partial charge in [-0.15, -0.1) is 0 Å². The van der Waals surface area contributed by atoms with Gasteiger partial charge in [0.2, 0.25) is 0 Å². The Morgan fingerprint density at radius 3 is 1.69 bits per heavy atom. The molecular formula is C8H17NO3S. The number of hydrogen-bond acceptors (Lipinski definition) is 4. The van der Waals surface area contributed by atoms with Crippen molar-refractivity contribution in [3.8, 4) is 0 Å². The zero-order chi connectivity index (χ0) is 10.5. The average molecular weight is 207 g/mol. The summed E-state index contributed by atoms with van der Waals surface area (Å²) in [5.41, 5.74) is -1.39. The number of hydrogen-bond donors (Lipinski definition) is 1. The van der Waals surface area contributed by atoms with Crippen molar-refractivity contribution in [1.29, 1.82) is 0 Å². The van der Waals surface area contributed by atoms with Gasteiger partial charge in [0, 0.05) is 0 Å². The Labute approximate surface area is 79.4 Å². The molecule has 13 heavy (non-hydrogen) atoms. The maximum atomic E-state index is 11.5. The molecule has 0 aromatic carbocycles. The van der Waals surface area contributed by atoms with Gasteiger partial charge in [-0.05, 0) is 27.7 Å². The van der Waals surface area contributed by atoms with Gasteiger partial charge in [0.1, 0.15) is 0 Å². The first-order valence-electron chi connectivity index (χ1n) is 4.27. The van der Waals surface area contributed by atoms with Crippen LogP contribution in [0.3, 0.4) is 0 Å². The first-order chi connectivity index (χ1) is 5.57. The van der Waals surface area contributed by atoms with E-state index in [1.807, 2.05) is 0 Å². The van der Waals surface area contributed by atoms with Crippen LogP contribution in [-0.4, -0.2) is 41.3 Å². The Morgan fingerprint density at radius 1 is 1.08 bits per heavy atom. The van der Waals surface area contributed by atoms with Crippen molar-refractivity contribution in [3.63, 3.8) is 0 Å². The molecule has 1 rings (SSSR count). The number of rotatable bonds is 0. The first-order valence-corrected chi connectivity index (χ1v) is 6.09. The predicted molar refractivity (Wildman–Crippen MR) is 50.4 cm³/mol. The molecule has 1 saturated heterocycles. The van der Waals surface area contributed by atoms with Crippen LogP contribution in [0, 0.1) is 0 Å². The second-order valence-electron chi connectivity index (χ2n) is 4.97. The molecule has 1 aliphatic rings. The highest BCUT2D eigenvalue weighted by Gasteiger charge is 2.47. The fraction of sp³-hybridized carbons (Fsp3) is 1.00. The summed E-state index contributed by atoms with van der Waals surface area (Å²) in [5.74, 6) is 0.0276. The van der Waals surface area contributed by atoms with E-state index in [0.29, 0.717) is 0 Å². The van der Waals surface area contributed by atoms with Crippen molar-refractivity contribution in [1.82, 2.24) is 5.06 Å². The van der Waals surface area contributed by atoms with Crippen LogP contribution < -0.4 is 0 Å². The minimum absolute atomic E-state index is 0.0138. The van der Waals surface area contributed by atoms with Crippen molar-refractivity contribution in [2.75, 3.05) is 11.5 Å². The molecule has 0 amide bonds. The van der Waals surface area contributed by atoms with Crippen LogP contribution in [0.25, 0.3) is 0 Å². The minimum Gasteiger partial charge on any atom is -0.313 e. The molecule has 1 fully saturated rings. The summed E-state index contributed by atoms with van der Waals surface area (Å²) < 4.78 is 23.0. The van der Waals surface area contributed by atoms with Gasteiger partial charge in [-0.2, -0.15) is 5.06 Å². The summed E-state index contributed by atoms with van der Waals surface area (Å²) in [6.45, 7) is 6.91. The predicted octanol–water partition coefficient (Wildman–Crippen LogP) is 0.663. The van der Waals surface area contributed by atoms with Crippen molar-refractivity contribution in [2.24, 2.45) is 0 Å². The van der Waals surface area contributed by atoms with E-state index in [1.54, 1.807) is 27.7 Å². The van der Waals surface area contributed by atoms with Crippen LogP contribution in [-0.2, 0) is 9.84 Å². The van der Waals surface area contributed by atoms with Gasteiger partial charge in [0.05, 0.1) is 22.6 Å². The first kappa shape index (κ1) is 10.9. The average Bonchev–Trinajstić information content (AvgIpc) is 1.77. The second kappa shape index (κ2) is 2.68. The topological polar surface area (TPSA) is 57.6 Å². The zero-order valence-corrected chi connectivity index (χ0v) is 9.35. The molecule has 0 unspecified atom stereocenters. The number of sulfone groups is 1. The normalized spacial score (nSPS) is 31.5. The van der Waals surface area contributed by atoms with Gasteiger partial charge in [0.15, 0.2) is 9.84 Å². The molecule has 0 atom stereocenters. The Balaban J connectivity index is 3.10. The van der Waals surface area contributed by atoms with Crippen molar-refractivity contribution >= 4 is 9.84 Å². The number of nitrogens with zero attached hydrogens (tertiary/aromatic N) is 1. The third kappa shape index (κ3) is 2.03. The van der Waals surface area contributed by atoms with Crippen LogP contribution in [0.5, 0.6) is 0 Å². The third-order valence-corrected chi connectivity index (χ3v) is 4.59. The van der Waals surface area contributed by atoms with E-state index < -0.39 is 20.9 Å². The lowest BCUT2D eigenvalue weighted by molar-refractivity contribution is -0.214. The molecule has 0 aromatic rings. The van der Waals surface area contributed by atoms with Gasteiger partial charge in [-0.25, -0.2) is 8.42 Å². The molecule has 0 aliphatic carbocycles. The SMILES string of the molecule is CC1(C)CS(=O)(=O)CC(C)(C)N1O. The standard InChI is InChI=1S/C8H17NO3S/c1-7(2)5-13(11,12)6-8(3,4)9(7)10/h10H,5-6H2,1-4H3. The quantitative estimate of drug-likeness (QED) is 0.634. The molecule has 0 radical (unpaired) electrons. The van der Waals surface area contributed by atoms with Crippen LogP contribution in [0.4, 0.5) is 0 Å². The van der Waals surface area contributed by atoms with E-state index >= 15 is 0 Å². The summed E-state index contributed by atoms with van der Waals surface area (Å²) in [4.78, 5) is 0. The summed E-state index contributed by atoms with van der Waals surface area (Å²) in [5, 5.41) is 10.9. The Kier molecular flexibility index (Phi) is 2.26. The Bertz CT molecular complexity index is 281. The highest BCUT2D eigenvalue weighted by Crippen LogP contribution is 2.31. The Morgan fingerprint density at radius 2 is 1.38 bits per heavy atom. The maximum absolute atomic E-state index is 11.5. The smallest absolute Gasteiger partial charge is 0.154 e. The molecule has 78 valence electrons. The lowest BCUT2D eigenvalue weighted by Gasteiger charge is -2.47. The van der Waals surface area contributed by atoms with Crippen LogP contribution >= 0.6 is 0 Å². The van der Waals surface area contributed by atoms with E-state index in [1.165, 1.54) is 0 Å². The van der Waals surface area contributed by atoms with Crippen molar-refractivity contribution in [2.45, 2.75) is 38.8 Å². The largest absolute Gasteiger partial charge is 0.313 e. The summed E-state index contributed by atoms with van der Waals surface area (Å²) >= 11 is 0. The van der Waals surface area contributed by atoms with Gasteiger partial charge in [0.25, 0.3) is 0 Å². The van der Waals surface area contributed by atoms with Gasteiger partial charge >= 0.3 is 0 Å². The monoisotopic (exact) mass is 207 g/mol. The molecule has 0 spiro atoms. The molecule has 1 heterocycles. The molecule has 1 aliphatic heterocycles. The molecular weight excluding hydrogens is 190 g/mol. The minimum atomic E-state index is -3.03. The van der Waals surface area contributed by atoms with Crippen LogP contribution in [0.1, 0.15) is 27.7 Å². The van der Waals surface area contributed by atoms with E-state index in [9.17, 15) is 13.6 Å². The van der Waals surface area contributed by atoms with Crippen LogP contribution in [0.15, 0.2) is 0 Å². The third-order valence-electron chi connectivity index (χ3n) is 2.29. The molecule has 0 saturated carbocycles. The molecule has 0 bridgehead atoms. The van der Waals surface area contributed by atoms with Crippen molar-refractivity contribution in [3.05, 3.63) is 0 Å². The number of hydroxylamine groups is 2. The van der Waals surface area contributed by atoms with Crippen LogP contribution in [0.2, 0.25) is 0 Å². The van der Waals surface area contributed by atoms with E-state index in [0.717, 1.165) is 5.06 Å². The molecule has 4 nitrogen and oxygen atoms in total. The summed E-state index contributed by atoms with van der Waals surface area (Å²) in [6.07, 6.45) is 0. The highest BCUT2D eigenvalue weighted by molar-refractivity contribution is 7.91. The highest BCUT2D eigenvalue weighted by atomic mass is 32.2. The molecule has 5 heteroatoms. The summed E-state index contributed by atoms with van der Waals surface area (Å²) in [7, 11) is -3.03. The van der Waals surface area contributed by atoms with Crippen molar-refractivity contribution < 1.29 is 13.6 Å². The van der Waals surface area contributed by atoms with E-state index in [2.05, 4.69) is 0 Å². The Hall–Kier alpha value is -0.130. The van der Waals surface area contributed by atoms with E-state index in [4.69, 9.17) is 0 Å². The fourth-order valence-corrected chi connectivity index (χ4v) is 4.57. The van der Waals surface area contributed by atoms with Gasteiger partial charge in [-0.1, -0.05) is 0 Å².